The van der Waals surface area contributed by atoms with Crippen molar-refractivity contribution >= 4 is 34.2 Å². The first-order valence-electron chi connectivity index (χ1n) is 10.5. The molecule has 0 radical (unpaired) electrons. The molecule has 6 nitrogen and oxygen atoms in total. The number of likely N-dealkylation sites (tertiary alicyclic amines) is 1. The molecule has 2 aromatic carbocycles. The summed E-state index contributed by atoms with van der Waals surface area (Å²) in [4.78, 5) is 39.3. The second-order valence-corrected chi connectivity index (χ2v) is 8.91. The van der Waals surface area contributed by atoms with Gasteiger partial charge in [-0.15, -0.1) is 0 Å². The van der Waals surface area contributed by atoms with E-state index >= 15 is 0 Å². The van der Waals surface area contributed by atoms with Crippen LogP contribution >= 0.6 is 0 Å². The smallest absolute Gasteiger partial charge is 0.309 e. The van der Waals surface area contributed by atoms with E-state index in [-0.39, 0.29) is 23.7 Å². The van der Waals surface area contributed by atoms with E-state index < -0.39 is 11.5 Å². The van der Waals surface area contributed by atoms with Gasteiger partial charge in [0.05, 0.1) is 5.92 Å². The normalized spacial score (nSPS) is 16.2. The molecule has 1 aliphatic rings. The SMILES string of the molecule is CC(OC(=O)C1CCN(C(=O)C(C)(C)C)CC1)C(=O)Nc1cccc2ccccc12. The Hall–Kier alpha value is -2.89. The quantitative estimate of drug-likeness (QED) is 0.773. The standard InChI is InChI=1S/C24H30N2O4/c1-16(21(27)25-20-11-7-9-17-8-5-6-10-19(17)20)30-22(28)18-12-14-26(15-13-18)23(29)24(2,3)4/h5-11,16,18H,12-15H2,1-4H3,(H,25,27). The number of nitrogens with one attached hydrogen (secondary N) is 1. The second kappa shape index (κ2) is 8.86. The third kappa shape index (κ3) is 4.99. The number of nitrogens with zero attached hydrogens (tertiary/aromatic N) is 1. The number of carbonyl (C=O) groups excluding carboxylic acids is 3. The van der Waals surface area contributed by atoms with Crippen LogP contribution in [0, 0.1) is 11.3 Å². The highest BCUT2D eigenvalue weighted by molar-refractivity contribution is 6.03. The minimum absolute atomic E-state index is 0.0946. The summed E-state index contributed by atoms with van der Waals surface area (Å²) in [5.41, 5.74) is 0.261. The summed E-state index contributed by atoms with van der Waals surface area (Å²) in [5, 5.41) is 4.82. The first-order chi connectivity index (χ1) is 14.2. The van der Waals surface area contributed by atoms with Gasteiger partial charge in [-0.1, -0.05) is 57.2 Å². The molecule has 160 valence electrons. The van der Waals surface area contributed by atoms with Crippen molar-refractivity contribution in [2.24, 2.45) is 11.3 Å². The second-order valence-electron chi connectivity index (χ2n) is 8.91. The third-order valence-corrected chi connectivity index (χ3v) is 5.47. The van der Waals surface area contributed by atoms with Gasteiger partial charge in [-0.25, -0.2) is 0 Å². The van der Waals surface area contributed by atoms with Crippen LogP contribution in [0.25, 0.3) is 10.8 Å². The van der Waals surface area contributed by atoms with Crippen LogP contribution in [0.15, 0.2) is 42.5 Å². The lowest BCUT2D eigenvalue weighted by atomic mass is 9.91. The summed E-state index contributed by atoms with van der Waals surface area (Å²) in [5.74, 6) is -0.933. The van der Waals surface area contributed by atoms with Crippen LogP contribution in [-0.2, 0) is 19.1 Å². The number of fused-ring (bicyclic) bond motifs is 1. The van der Waals surface area contributed by atoms with E-state index in [0.29, 0.717) is 31.6 Å². The highest BCUT2D eigenvalue weighted by Crippen LogP contribution is 2.25. The number of hydrogen-bond acceptors (Lipinski definition) is 4. The maximum atomic E-state index is 12.6. The van der Waals surface area contributed by atoms with E-state index in [1.165, 1.54) is 0 Å². The van der Waals surface area contributed by atoms with Crippen LogP contribution in [0.5, 0.6) is 0 Å². The minimum atomic E-state index is -0.897. The molecule has 1 atom stereocenters. The molecule has 0 aromatic heterocycles. The van der Waals surface area contributed by atoms with E-state index in [9.17, 15) is 14.4 Å². The molecular formula is C24H30N2O4. The summed E-state index contributed by atoms with van der Waals surface area (Å²) in [6.45, 7) is 8.33. The Bertz CT molecular complexity index is 934. The van der Waals surface area contributed by atoms with Crippen molar-refractivity contribution in [3.05, 3.63) is 42.5 Å². The Morgan fingerprint density at radius 1 is 1.03 bits per heavy atom. The van der Waals surface area contributed by atoms with Crippen molar-refractivity contribution in [1.82, 2.24) is 4.90 Å². The van der Waals surface area contributed by atoms with Crippen LogP contribution in [0.1, 0.15) is 40.5 Å². The Labute approximate surface area is 177 Å². The number of benzene rings is 2. The fourth-order valence-electron chi connectivity index (χ4n) is 3.69. The molecule has 1 heterocycles. The van der Waals surface area contributed by atoms with E-state index in [4.69, 9.17) is 4.74 Å². The van der Waals surface area contributed by atoms with Gasteiger partial charge >= 0.3 is 5.97 Å². The number of ether oxygens (including phenoxy) is 1. The zero-order chi connectivity index (χ0) is 21.9. The summed E-state index contributed by atoms with van der Waals surface area (Å²) in [6, 6.07) is 13.5. The first-order valence-corrected chi connectivity index (χ1v) is 10.5. The molecule has 1 unspecified atom stereocenters. The number of hydrogen-bond donors (Lipinski definition) is 1. The topological polar surface area (TPSA) is 75.7 Å². The van der Waals surface area contributed by atoms with E-state index in [0.717, 1.165) is 10.8 Å². The summed E-state index contributed by atoms with van der Waals surface area (Å²) in [7, 11) is 0. The Morgan fingerprint density at radius 3 is 2.33 bits per heavy atom. The zero-order valence-corrected chi connectivity index (χ0v) is 18.1. The molecule has 2 amide bonds. The molecule has 0 saturated carbocycles. The molecule has 30 heavy (non-hydrogen) atoms. The number of rotatable bonds is 4. The molecule has 1 N–H and O–H groups in total. The van der Waals surface area contributed by atoms with Crippen LogP contribution < -0.4 is 5.32 Å². The van der Waals surface area contributed by atoms with Crippen molar-refractivity contribution in [3.8, 4) is 0 Å². The lowest BCUT2D eigenvalue weighted by Crippen LogP contribution is -2.45. The molecule has 1 aliphatic heterocycles. The Kier molecular flexibility index (Phi) is 6.44. The van der Waals surface area contributed by atoms with E-state index in [2.05, 4.69) is 5.32 Å². The molecular weight excluding hydrogens is 380 g/mol. The highest BCUT2D eigenvalue weighted by Gasteiger charge is 2.34. The van der Waals surface area contributed by atoms with Gasteiger partial charge in [-0.05, 0) is 31.2 Å². The number of carbonyl (C=O) groups is 3. The predicted octanol–water partition coefficient (Wildman–Crippen LogP) is 3.99. The first kappa shape index (κ1) is 21.8. The maximum absolute atomic E-state index is 12.6. The van der Waals surface area contributed by atoms with Crippen LogP contribution in [-0.4, -0.2) is 41.9 Å². The largest absolute Gasteiger partial charge is 0.452 e. The van der Waals surface area contributed by atoms with E-state index in [1.54, 1.807) is 11.8 Å². The zero-order valence-electron chi connectivity index (χ0n) is 18.1. The lowest BCUT2D eigenvalue weighted by Gasteiger charge is -2.35. The number of esters is 1. The molecule has 0 spiro atoms. The summed E-state index contributed by atoms with van der Waals surface area (Å²) < 4.78 is 5.44. The average Bonchev–Trinajstić information content (AvgIpc) is 2.72. The molecule has 0 bridgehead atoms. The molecule has 1 fully saturated rings. The van der Waals surface area contributed by atoms with Gasteiger partial charge in [0.25, 0.3) is 5.91 Å². The van der Waals surface area contributed by atoms with E-state index in [1.807, 2.05) is 63.2 Å². The fraction of sp³-hybridized carbons (Fsp3) is 0.458. The molecule has 3 rings (SSSR count). The number of piperidine rings is 1. The number of amides is 2. The molecule has 6 heteroatoms. The third-order valence-electron chi connectivity index (χ3n) is 5.47. The molecule has 1 saturated heterocycles. The molecule has 2 aromatic rings. The van der Waals surface area contributed by atoms with Crippen LogP contribution in [0.4, 0.5) is 5.69 Å². The van der Waals surface area contributed by atoms with Gasteiger partial charge < -0.3 is 15.0 Å². The van der Waals surface area contributed by atoms with Crippen molar-refractivity contribution in [3.63, 3.8) is 0 Å². The van der Waals surface area contributed by atoms with Crippen molar-refractivity contribution in [2.45, 2.75) is 46.6 Å². The Balaban J connectivity index is 1.54. The molecule has 0 aliphatic carbocycles. The summed E-state index contributed by atoms with van der Waals surface area (Å²) >= 11 is 0. The van der Waals surface area contributed by atoms with Gasteiger partial charge in [-0.3, -0.25) is 14.4 Å². The predicted molar refractivity (Wildman–Crippen MR) is 117 cm³/mol. The van der Waals surface area contributed by atoms with Crippen LogP contribution in [0.3, 0.4) is 0 Å². The average molecular weight is 411 g/mol. The van der Waals surface area contributed by atoms with Gasteiger partial charge in [0.2, 0.25) is 5.91 Å². The van der Waals surface area contributed by atoms with Gasteiger partial charge in [0, 0.05) is 29.6 Å². The van der Waals surface area contributed by atoms with Gasteiger partial charge in [0.15, 0.2) is 6.10 Å². The van der Waals surface area contributed by atoms with Crippen molar-refractivity contribution in [1.29, 1.82) is 0 Å². The van der Waals surface area contributed by atoms with Crippen LogP contribution in [0.2, 0.25) is 0 Å². The van der Waals surface area contributed by atoms with Gasteiger partial charge in [-0.2, -0.15) is 0 Å². The monoisotopic (exact) mass is 410 g/mol. The van der Waals surface area contributed by atoms with Gasteiger partial charge in [0.1, 0.15) is 0 Å². The minimum Gasteiger partial charge on any atom is -0.452 e. The number of anilines is 1. The fourth-order valence-corrected chi connectivity index (χ4v) is 3.69. The van der Waals surface area contributed by atoms with Crippen molar-refractivity contribution < 1.29 is 19.1 Å². The highest BCUT2D eigenvalue weighted by atomic mass is 16.5. The van der Waals surface area contributed by atoms with Crippen molar-refractivity contribution in [2.75, 3.05) is 18.4 Å². The summed E-state index contributed by atoms with van der Waals surface area (Å²) in [6.07, 6.45) is 0.210. The maximum Gasteiger partial charge on any atom is 0.309 e. The Morgan fingerprint density at radius 2 is 1.67 bits per heavy atom. The lowest BCUT2D eigenvalue weighted by molar-refractivity contribution is -0.160.